The molecule has 1 aromatic carbocycles. The number of benzene rings is 1. The highest BCUT2D eigenvalue weighted by atomic mass is 19.1. The van der Waals surface area contributed by atoms with Crippen LogP contribution in [0, 0.1) is 5.82 Å². The maximum absolute atomic E-state index is 12.9. The van der Waals surface area contributed by atoms with Crippen molar-refractivity contribution in [3.63, 3.8) is 0 Å². The second kappa shape index (κ2) is 6.30. The van der Waals surface area contributed by atoms with Crippen LogP contribution >= 0.6 is 0 Å². The van der Waals surface area contributed by atoms with Crippen molar-refractivity contribution in [2.24, 2.45) is 0 Å². The van der Waals surface area contributed by atoms with E-state index in [1.807, 2.05) is 12.1 Å². The van der Waals surface area contributed by atoms with Gasteiger partial charge in [0.25, 0.3) is 0 Å². The first-order chi connectivity index (χ1) is 8.70. The zero-order chi connectivity index (χ0) is 13.0. The van der Waals surface area contributed by atoms with E-state index in [0.29, 0.717) is 6.04 Å². The van der Waals surface area contributed by atoms with Gasteiger partial charge in [-0.25, -0.2) is 4.39 Å². The van der Waals surface area contributed by atoms with E-state index < -0.39 is 0 Å². The van der Waals surface area contributed by atoms with Crippen molar-refractivity contribution in [3.8, 4) is 0 Å². The Morgan fingerprint density at radius 2 is 2.00 bits per heavy atom. The molecule has 18 heavy (non-hydrogen) atoms. The molecule has 0 radical (unpaired) electrons. The molecular formula is C15H23FN2. The first kappa shape index (κ1) is 13.5. The molecule has 1 atom stereocenters. The average molecular weight is 250 g/mol. The van der Waals surface area contributed by atoms with Gasteiger partial charge in [-0.3, -0.25) is 0 Å². The lowest BCUT2D eigenvalue weighted by Crippen LogP contribution is -2.28. The molecule has 1 fully saturated rings. The van der Waals surface area contributed by atoms with E-state index in [2.05, 4.69) is 24.2 Å². The van der Waals surface area contributed by atoms with Crippen molar-refractivity contribution < 1.29 is 4.39 Å². The summed E-state index contributed by atoms with van der Waals surface area (Å²) >= 11 is 0. The summed E-state index contributed by atoms with van der Waals surface area (Å²) in [6, 6.07) is 8.01. The highest BCUT2D eigenvalue weighted by Crippen LogP contribution is 2.26. The Labute approximate surface area is 109 Å². The molecule has 1 aliphatic carbocycles. The standard InChI is InChI=1S/C15H23FN2/c1-3-17-15(10-11-18(2)14-8-9-14)12-4-6-13(16)7-5-12/h4-7,14-15,17H,3,8-11H2,1-2H3. The van der Waals surface area contributed by atoms with Gasteiger partial charge in [-0.1, -0.05) is 19.1 Å². The van der Waals surface area contributed by atoms with Gasteiger partial charge < -0.3 is 10.2 Å². The smallest absolute Gasteiger partial charge is 0.123 e. The van der Waals surface area contributed by atoms with E-state index in [4.69, 9.17) is 0 Å². The van der Waals surface area contributed by atoms with Gasteiger partial charge >= 0.3 is 0 Å². The Morgan fingerprint density at radius 3 is 2.56 bits per heavy atom. The fraction of sp³-hybridized carbons (Fsp3) is 0.600. The molecule has 2 rings (SSSR count). The molecule has 0 bridgehead atoms. The molecule has 1 aliphatic rings. The van der Waals surface area contributed by atoms with Crippen LogP contribution in [0.4, 0.5) is 4.39 Å². The molecule has 1 unspecified atom stereocenters. The molecular weight excluding hydrogens is 227 g/mol. The predicted octanol–water partition coefficient (Wildman–Crippen LogP) is 2.96. The number of nitrogens with one attached hydrogen (secondary N) is 1. The molecule has 0 aromatic heterocycles. The zero-order valence-corrected chi connectivity index (χ0v) is 11.3. The van der Waals surface area contributed by atoms with Gasteiger partial charge in [0.2, 0.25) is 0 Å². The first-order valence-electron chi connectivity index (χ1n) is 6.89. The second-order valence-corrected chi connectivity index (χ2v) is 5.16. The predicted molar refractivity (Wildman–Crippen MR) is 73.1 cm³/mol. The van der Waals surface area contributed by atoms with Gasteiger partial charge in [-0.2, -0.15) is 0 Å². The second-order valence-electron chi connectivity index (χ2n) is 5.16. The van der Waals surface area contributed by atoms with Crippen molar-refractivity contribution >= 4 is 0 Å². The summed E-state index contributed by atoms with van der Waals surface area (Å²) in [7, 11) is 2.20. The molecule has 1 N–H and O–H groups in total. The van der Waals surface area contributed by atoms with Crippen LogP contribution in [-0.2, 0) is 0 Å². The monoisotopic (exact) mass is 250 g/mol. The average Bonchev–Trinajstić information content (AvgIpc) is 3.19. The van der Waals surface area contributed by atoms with Gasteiger partial charge in [0.05, 0.1) is 0 Å². The lowest BCUT2D eigenvalue weighted by molar-refractivity contribution is 0.299. The number of hydrogen-bond donors (Lipinski definition) is 1. The third-order valence-electron chi connectivity index (χ3n) is 3.66. The van der Waals surface area contributed by atoms with Gasteiger partial charge in [0.15, 0.2) is 0 Å². The van der Waals surface area contributed by atoms with Crippen LogP contribution in [0.15, 0.2) is 24.3 Å². The lowest BCUT2D eigenvalue weighted by Gasteiger charge is -2.22. The maximum Gasteiger partial charge on any atom is 0.123 e. The Kier molecular flexibility index (Phi) is 4.72. The third-order valence-corrected chi connectivity index (χ3v) is 3.66. The van der Waals surface area contributed by atoms with Crippen LogP contribution in [0.25, 0.3) is 0 Å². The summed E-state index contributed by atoms with van der Waals surface area (Å²) in [5.74, 6) is -0.163. The number of halogens is 1. The molecule has 3 heteroatoms. The minimum absolute atomic E-state index is 0.163. The quantitative estimate of drug-likeness (QED) is 0.800. The minimum atomic E-state index is -0.163. The SMILES string of the molecule is CCNC(CCN(C)C1CC1)c1ccc(F)cc1. The summed E-state index contributed by atoms with van der Waals surface area (Å²) < 4.78 is 12.9. The minimum Gasteiger partial charge on any atom is -0.310 e. The third kappa shape index (κ3) is 3.79. The van der Waals surface area contributed by atoms with Crippen LogP contribution in [0.1, 0.15) is 37.8 Å². The van der Waals surface area contributed by atoms with Crippen LogP contribution in [0.3, 0.4) is 0 Å². The van der Waals surface area contributed by atoms with Gasteiger partial charge in [0, 0.05) is 12.1 Å². The van der Waals surface area contributed by atoms with E-state index >= 15 is 0 Å². The van der Waals surface area contributed by atoms with Gasteiger partial charge in [-0.15, -0.1) is 0 Å². The molecule has 0 spiro atoms. The van der Waals surface area contributed by atoms with Crippen molar-refractivity contribution in [1.29, 1.82) is 0 Å². The molecule has 1 saturated carbocycles. The summed E-state index contributed by atoms with van der Waals surface area (Å²) in [5, 5.41) is 3.48. The molecule has 100 valence electrons. The molecule has 0 heterocycles. The Morgan fingerprint density at radius 1 is 1.33 bits per heavy atom. The van der Waals surface area contributed by atoms with Gasteiger partial charge in [0.1, 0.15) is 5.82 Å². The van der Waals surface area contributed by atoms with Crippen molar-refractivity contribution in [1.82, 2.24) is 10.2 Å². The van der Waals surface area contributed by atoms with Crippen LogP contribution in [0.2, 0.25) is 0 Å². The lowest BCUT2D eigenvalue weighted by atomic mass is 10.0. The van der Waals surface area contributed by atoms with Crippen LogP contribution in [-0.4, -0.2) is 31.1 Å². The van der Waals surface area contributed by atoms with E-state index in [9.17, 15) is 4.39 Å². The highest BCUT2D eigenvalue weighted by molar-refractivity contribution is 5.20. The molecule has 0 amide bonds. The Balaban J connectivity index is 1.91. The summed E-state index contributed by atoms with van der Waals surface area (Å²) in [6.07, 6.45) is 3.77. The normalized spacial score (nSPS) is 17.1. The van der Waals surface area contributed by atoms with E-state index in [-0.39, 0.29) is 5.82 Å². The molecule has 0 saturated heterocycles. The van der Waals surface area contributed by atoms with Crippen molar-refractivity contribution in [2.75, 3.05) is 20.1 Å². The first-order valence-corrected chi connectivity index (χ1v) is 6.89. The number of rotatable bonds is 7. The Hall–Kier alpha value is -0.930. The van der Waals surface area contributed by atoms with Crippen molar-refractivity contribution in [3.05, 3.63) is 35.6 Å². The zero-order valence-electron chi connectivity index (χ0n) is 11.3. The topological polar surface area (TPSA) is 15.3 Å². The van der Waals surface area contributed by atoms with E-state index in [0.717, 1.165) is 25.6 Å². The fourth-order valence-corrected chi connectivity index (χ4v) is 2.36. The van der Waals surface area contributed by atoms with E-state index in [1.165, 1.54) is 18.4 Å². The largest absolute Gasteiger partial charge is 0.310 e. The maximum atomic E-state index is 12.9. The van der Waals surface area contributed by atoms with Crippen LogP contribution in [0.5, 0.6) is 0 Å². The summed E-state index contributed by atoms with van der Waals surface area (Å²) in [6.45, 7) is 4.15. The van der Waals surface area contributed by atoms with E-state index in [1.54, 1.807) is 12.1 Å². The number of nitrogens with zero attached hydrogens (tertiary/aromatic N) is 1. The molecule has 2 nitrogen and oxygen atoms in total. The number of hydrogen-bond acceptors (Lipinski definition) is 2. The molecule has 0 aliphatic heterocycles. The summed E-state index contributed by atoms with van der Waals surface area (Å²) in [5.41, 5.74) is 1.18. The van der Waals surface area contributed by atoms with Gasteiger partial charge in [-0.05, 0) is 57.1 Å². The summed E-state index contributed by atoms with van der Waals surface area (Å²) in [4.78, 5) is 2.44. The fourth-order valence-electron chi connectivity index (χ4n) is 2.36. The molecule has 1 aromatic rings. The van der Waals surface area contributed by atoms with Crippen LogP contribution < -0.4 is 5.32 Å². The Bertz CT molecular complexity index is 359. The van der Waals surface area contributed by atoms with Crippen molar-refractivity contribution in [2.45, 2.75) is 38.3 Å². The highest BCUT2D eigenvalue weighted by Gasteiger charge is 2.26.